The lowest BCUT2D eigenvalue weighted by molar-refractivity contribution is -0.151. The summed E-state index contributed by atoms with van der Waals surface area (Å²) in [7, 11) is 0. The van der Waals surface area contributed by atoms with Gasteiger partial charge in [0, 0.05) is 0 Å². The largest absolute Gasteiger partial charge is 0.481 e. The van der Waals surface area contributed by atoms with Gasteiger partial charge in [-0.25, -0.2) is 0 Å². The molecule has 1 aliphatic rings. The molecule has 0 spiro atoms. The van der Waals surface area contributed by atoms with Crippen molar-refractivity contribution >= 4 is 5.97 Å². The monoisotopic (exact) mass is 254 g/mol. The lowest BCUT2D eigenvalue weighted by Crippen LogP contribution is -2.33. The van der Waals surface area contributed by atoms with Crippen molar-refractivity contribution in [2.45, 2.75) is 84.5 Å². The summed E-state index contributed by atoms with van der Waals surface area (Å²) in [4.78, 5) is 11.5. The maximum Gasteiger partial charge on any atom is 0.309 e. The van der Waals surface area contributed by atoms with Crippen molar-refractivity contribution in [2.24, 2.45) is 11.3 Å². The number of aliphatic carboxylic acids is 1. The first-order valence-electron chi connectivity index (χ1n) is 7.80. The molecule has 0 unspecified atom stereocenters. The van der Waals surface area contributed by atoms with E-state index in [0.29, 0.717) is 0 Å². The summed E-state index contributed by atoms with van der Waals surface area (Å²) in [6.07, 6.45) is 12.4. The molecule has 0 aliphatic heterocycles. The summed E-state index contributed by atoms with van der Waals surface area (Å²) in [5.74, 6) is 0.262. The predicted molar refractivity (Wildman–Crippen MR) is 75.7 cm³/mol. The van der Waals surface area contributed by atoms with Crippen molar-refractivity contribution < 1.29 is 9.90 Å². The SMILES string of the molecule is CC(C)CCCCCCC1(C(=O)O)CCCCC1. The van der Waals surface area contributed by atoms with E-state index >= 15 is 0 Å². The summed E-state index contributed by atoms with van der Waals surface area (Å²) in [5, 5.41) is 9.46. The Morgan fingerprint density at radius 1 is 1.06 bits per heavy atom. The van der Waals surface area contributed by atoms with Crippen molar-refractivity contribution in [2.75, 3.05) is 0 Å². The molecule has 1 rings (SSSR count). The summed E-state index contributed by atoms with van der Waals surface area (Å²) in [5.41, 5.74) is -0.365. The predicted octanol–water partition coefficient (Wildman–Crippen LogP) is 5.02. The van der Waals surface area contributed by atoms with Gasteiger partial charge in [-0.3, -0.25) is 4.79 Å². The zero-order chi connectivity index (χ0) is 13.4. The van der Waals surface area contributed by atoms with Gasteiger partial charge in [0.25, 0.3) is 0 Å². The first-order chi connectivity index (χ1) is 8.57. The van der Waals surface area contributed by atoms with Crippen LogP contribution in [0.5, 0.6) is 0 Å². The van der Waals surface area contributed by atoms with Crippen LogP contribution in [-0.2, 0) is 4.79 Å². The Kier molecular flexibility index (Phi) is 6.73. The molecule has 1 aliphatic carbocycles. The van der Waals surface area contributed by atoms with Crippen LogP contribution in [0.2, 0.25) is 0 Å². The zero-order valence-electron chi connectivity index (χ0n) is 12.2. The van der Waals surface area contributed by atoms with Gasteiger partial charge in [0.2, 0.25) is 0 Å². The number of carbonyl (C=O) groups is 1. The van der Waals surface area contributed by atoms with Gasteiger partial charge in [-0.15, -0.1) is 0 Å². The summed E-state index contributed by atoms with van der Waals surface area (Å²) in [6.45, 7) is 4.53. The summed E-state index contributed by atoms with van der Waals surface area (Å²) in [6, 6.07) is 0. The molecular weight excluding hydrogens is 224 g/mol. The minimum absolute atomic E-state index is 0.365. The van der Waals surface area contributed by atoms with Gasteiger partial charge in [-0.05, 0) is 25.2 Å². The third kappa shape index (κ3) is 4.99. The molecule has 2 nitrogen and oxygen atoms in total. The standard InChI is InChI=1S/C16H30O2/c1-14(2)10-6-3-4-7-11-16(15(17)18)12-8-5-9-13-16/h14H,3-13H2,1-2H3,(H,17,18). The van der Waals surface area contributed by atoms with Crippen LogP contribution in [0.4, 0.5) is 0 Å². The minimum atomic E-state index is -0.538. The molecule has 106 valence electrons. The van der Waals surface area contributed by atoms with Gasteiger partial charge in [-0.2, -0.15) is 0 Å². The molecule has 2 heteroatoms. The Bertz CT molecular complexity index is 239. The average molecular weight is 254 g/mol. The number of hydrogen-bond donors (Lipinski definition) is 1. The van der Waals surface area contributed by atoms with Gasteiger partial charge in [0.05, 0.1) is 5.41 Å². The Balaban J connectivity index is 2.20. The number of unbranched alkanes of at least 4 members (excludes halogenated alkanes) is 3. The highest BCUT2D eigenvalue weighted by atomic mass is 16.4. The van der Waals surface area contributed by atoms with E-state index in [-0.39, 0.29) is 5.41 Å². The highest BCUT2D eigenvalue weighted by Gasteiger charge is 2.38. The molecule has 0 saturated heterocycles. The van der Waals surface area contributed by atoms with Crippen molar-refractivity contribution in [1.29, 1.82) is 0 Å². The molecule has 1 fully saturated rings. The molecule has 0 atom stereocenters. The molecular formula is C16H30O2. The van der Waals surface area contributed by atoms with E-state index in [9.17, 15) is 9.90 Å². The maximum absolute atomic E-state index is 11.5. The normalized spacial score (nSPS) is 19.1. The molecule has 0 aromatic heterocycles. The van der Waals surface area contributed by atoms with E-state index in [2.05, 4.69) is 13.8 Å². The number of carboxylic acid groups (broad SMARTS) is 1. The van der Waals surface area contributed by atoms with Crippen molar-refractivity contribution in [3.63, 3.8) is 0 Å². The Morgan fingerprint density at radius 3 is 2.22 bits per heavy atom. The van der Waals surface area contributed by atoms with E-state index in [1.54, 1.807) is 0 Å². The summed E-state index contributed by atoms with van der Waals surface area (Å²) < 4.78 is 0. The molecule has 0 aromatic rings. The van der Waals surface area contributed by atoms with Gasteiger partial charge in [0.15, 0.2) is 0 Å². The van der Waals surface area contributed by atoms with Crippen LogP contribution in [0.1, 0.15) is 84.5 Å². The quantitative estimate of drug-likeness (QED) is 0.618. The molecule has 1 N–H and O–H groups in total. The highest BCUT2D eigenvalue weighted by molar-refractivity contribution is 5.74. The van der Waals surface area contributed by atoms with Crippen LogP contribution in [-0.4, -0.2) is 11.1 Å². The van der Waals surface area contributed by atoms with Gasteiger partial charge in [-0.1, -0.05) is 65.2 Å². The topological polar surface area (TPSA) is 37.3 Å². The second-order valence-electron chi connectivity index (χ2n) is 6.49. The average Bonchev–Trinajstić information content (AvgIpc) is 2.34. The lowest BCUT2D eigenvalue weighted by atomic mass is 9.71. The fourth-order valence-electron chi connectivity index (χ4n) is 3.17. The first kappa shape index (κ1) is 15.5. The van der Waals surface area contributed by atoms with Gasteiger partial charge < -0.3 is 5.11 Å². The molecule has 0 bridgehead atoms. The van der Waals surface area contributed by atoms with Gasteiger partial charge in [0.1, 0.15) is 0 Å². The third-order valence-corrected chi connectivity index (χ3v) is 4.45. The molecule has 18 heavy (non-hydrogen) atoms. The van der Waals surface area contributed by atoms with Crippen LogP contribution >= 0.6 is 0 Å². The minimum Gasteiger partial charge on any atom is -0.481 e. The fourth-order valence-corrected chi connectivity index (χ4v) is 3.17. The zero-order valence-corrected chi connectivity index (χ0v) is 12.2. The second-order valence-corrected chi connectivity index (χ2v) is 6.49. The van der Waals surface area contributed by atoms with Crippen LogP contribution in [0, 0.1) is 11.3 Å². The lowest BCUT2D eigenvalue weighted by Gasteiger charge is -2.33. The number of carboxylic acids is 1. The van der Waals surface area contributed by atoms with Crippen LogP contribution in [0.25, 0.3) is 0 Å². The molecule has 0 aromatic carbocycles. The first-order valence-corrected chi connectivity index (χ1v) is 7.80. The maximum atomic E-state index is 11.5. The smallest absolute Gasteiger partial charge is 0.309 e. The van der Waals surface area contributed by atoms with Crippen molar-refractivity contribution in [3.05, 3.63) is 0 Å². The van der Waals surface area contributed by atoms with E-state index in [1.807, 2.05) is 0 Å². The Labute approximate surface area is 112 Å². The van der Waals surface area contributed by atoms with Crippen LogP contribution < -0.4 is 0 Å². The van der Waals surface area contributed by atoms with Crippen LogP contribution in [0.3, 0.4) is 0 Å². The fraction of sp³-hybridized carbons (Fsp3) is 0.938. The molecule has 0 amide bonds. The number of hydrogen-bond acceptors (Lipinski definition) is 1. The Morgan fingerprint density at radius 2 is 1.67 bits per heavy atom. The molecule has 0 radical (unpaired) electrons. The van der Waals surface area contributed by atoms with E-state index < -0.39 is 5.97 Å². The highest BCUT2D eigenvalue weighted by Crippen LogP contribution is 2.40. The van der Waals surface area contributed by atoms with E-state index in [4.69, 9.17) is 0 Å². The molecule has 0 heterocycles. The number of rotatable bonds is 8. The summed E-state index contributed by atoms with van der Waals surface area (Å²) >= 11 is 0. The van der Waals surface area contributed by atoms with Gasteiger partial charge >= 0.3 is 5.97 Å². The second kappa shape index (κ2) is 7.81. The third-order valence-electron chi connectivity index (χ3n) is 4.45. The Hall–Kier alpha value is -0.530. The molecule has 1 saturated carbocycles. The van der Waals surface area contributed by atoms with Crippen molar-refractivity contribution in [1.82, 2.24) is 0 Å². The van der Waals surface area contributed by atoms with E-state index in [0.717, 1.165) is 44.4 Å². The van der Waals surface area contributed by atoms with Crippen LogP contribution in [0.15, 0.2) is 0 Å². The van der Waals surface area contributed by atoms with E-state index in [1.165, 1.54) is 32.1 Å². The van der Waals surface area contributed by atoms with Crippen molar-refractivity contribution in [3.8, 4) is 0 Å².